The molecule has 2 nitrogen and oxygen atoms in total. The average Bonchev–Trinajstić information content (AvgIpc) is 2.62. The second-order valence-corrected chi connectivity index (χ2v) is 6.24. The van der Waals surface area contributed by atoms with Gasteiger partial charge in [-0.05, 0) is 69.0 Å². The first-order valence-corrected chi connectivity index (χ1v) is 7.36. The largest absolute Gasteiger partial charge is 0.462 e. The molecule has 1 aromatic heterocycles. The van der Waals surface area contributed by atoms with Gasteiger partial charge >= 0.3 is 5.97 Å². The van der Waals surface area contributed by atoms with Crippen molar-refractivity contribution in [2.75, 3.05) is 6.61 Å². The van der Waals surface area contributed by atoms with E-state index in [0.29, 0.717) is 11.5 Å². The maximum absolute atomic E-state index is 11.6. The Morgan fingerprint density at radius 2 is 2.25 bits per heavy atom. The third kappa shape index (κ3) is 2.41. The molecule has 0 unspecified atom stereocenters. The van der Waals surface area contributed by atoms with Gasteiger partial charge < -0.3 is 4.74 Å². The Bertz CT molecular complexity index is 511. The molecule has 0 saturated carbocycles. The molecule has 2 aromatic rings. The number of rotatable bonds is 2. The van der Waals surface area contributed by atoms with Crippen LogP contribution in [0.5, 0.6) is 0 Å². The van der Waals surface area contributed by atoms with Crippen molar-refractivity contribution in [3.8, 4) is 0 Å². The summed E-state index contributed by atoms with van der Waals surface area (Å²) in [5, 5.41) is 1.07. The zero-order chi connectivity index (χ0) is 11.7. The third-order valence-corrected chi connectivity index (χ3v) is 5.40. The van der Waals surface area contributed by atoms with Crippen LogP contribution >= 0.6 is 49.9 Å². The zero-order valence-corrected chi connectivity index (χ0v) is 13.0. The maximum atomic E-state index is 11.6. The van der Waals surface area contributed by atoms with Gasteiger partial charge in [0.25, 0.3) is 0 Å². The third-order valence-electron chi connectivity index (χ3n) is 2.04. The molecule has 0 spiro atoms. The van der Waals surface area contributed by atoms with Crippen LogP contribution in [0.25, 0.3) is 10.1 Å². The molecule has 0 N–H and O–H groups in total. The smallest absolute Gasteiger partial charge is 0.348 e. The molecule has 0 fully saturated rings. The van der Waals surface area contributed by atoms with E-state index in [0.717, 1.165) is 18.1 Å². The highest BCUT2D eigenvalue weighted by molar-refractivity contribution is 14.1. The Balaban J connectivity index is 2.48. The van der Waals surface area contributed by atoms with Crippen molar-refractivity contribution in [3.05, 3.63) is 31.1 Å². The maximum Gasteiger partial charge on any atom is 0.348 e. The Kier molecular flexibility index (Phi) is 3.86. The number of esters is 1. The van der Waals surface area contributed by atoms with Crippen LogP contribution in [0, 0.1) is 3.57 Å². The van der Waals surface area contributed by atoms with Crippen molar-refractivity contribution in [1.29, 1.82) is 0 Å². The summed E-state index contributed by atoms with van der Waals surface area (Å²) in [6, 6.07) is 5.96. The number of benzene rings is 1. The summed E-state index contributed by atoms with van der Waals surface area (Å²) in [6.07, 6.45) is 0. The van der Waals surface area contributed by atoms with Crippen LogP contribution < -0.4 is 0 Å². The summed E-state index contributed by atoms with van der Waals surface area (Å²) >= 11 is 7.20. The molecule has 0 saturated heterocycles. The van der Waals surface area contributed by atoms with E-state index in [1.165, 1.54) is 11.3 Å². The van der Waals surface area contributed by atoms with Crippen molar-refractivity contribution < 1.29 is 9.53 Å². The lowest BCUT2D eigenvalue weighted by Crippen LogP contribution is -2.01. The number of halogens is 2. The van der Waals surface area contributed by atoms with Gasteiger partial charge in [0.05, 0.1) is 6.61 Å². The molecule has 1 heterocycles. The van der Waals surface area contributed by atoms with E-state index >= 15 is 0 Å². The van der Waals surface area contributed by atoms with E-state index < -0.39 is 0 Å². The van der Waals surface area contributed by atoms with Crippen LogP contribution in [-0.2, 0) is 4.74 Å². The normalized spacial score (nSPS) is 10.7. The van der Waals surface area contributed by atoms with Gasteiger partial charge in [-0.15, -0.1) is 11.3 Å². The average molecular weight is 411 g/mol. The number of fused-ring (bicyclic) bond motifs is 1. The summed E-state index contributed by atoms with van der Waals surface area (Å²) in [6.45, 7) is 2.22. The van der Waals surface area contributed by atoms with E-state index in [1.54, 1.807) is 0 Å². The number of hydrogen-bond donors (Lipinski definition) is 0. The van der Waals surface area contributed by atoms with Gasteiger partial charge in [-0.1, -0.05) is 0 Å². The first-order chi connectivity index (χ1) is 7.61. The summed E-state index contributed by atoms with van der Waals surface area (Å²) in [5.41, 5.74) is 0. The lowest BCUT2D eigenvalue weighted by molar-refractivity contribution is 0.0532. The highest BCUT2D eigenvalue weighted by Gasteiger charge is 2.12. The Hall–Kier alpha value is -0.140. The molecule has 2 rings (SSSR count). The predicted molar refractivity (Wildman–Crippen MR) is 78.2 cm³/mol. The van der Waals surface area contributed by atoms with E-state index in [4.69, 9.17) is 4.74 Å². The quantitative estimate of drug-likeness (QED) is 0.540. The Morgan fingerprint density at radius 1 is 1.50 bits per heavy atom. The second kappa shape index (κ2) is 5.01. The molecular weight excluding hydrogens is 403 g/mol. The lowest BCUT2D eigenvalue weighted by atomic mass is 10.2. The monoisotopic (exact) mass is 410 g/mol. The van der Waals surface area contributed by atoms with Crippen molar-refractivity contribution in [2.24, 2.45) is 0 Å². The van der Waals surface area contributed by atoms with Crippen LogP contribution in [0.4, 0.5) is 0 Å². The van der Waals surface area contributed by atoms with Crippen LogP contribution in [0.3, 0.4) is 0 Å². The van der Waals surface area contributed by atoms with Crippen molar-refractivity contribution in [2.45, 2.75) is 6.92 Å². The summed E-state index contributed by atoms with van der Waals surface area (Å²) < 4.78 is 8.27. The molecule has 0 amide bonds. The molecule has 0 aliphatic carbocycles. The van der Waals surface area contributed by atoms with Gasteiger partial charge in [0.1, 0.15) is 4.88 Å². The molecule has 0 aliphatic heterocycles. The number of carbonyl (C=O) groups is 1. The van der Waals surface area contributed by atoms with Crippen molar-refractivity contribution in [3.63, 3.8) is 0 Å². The highest BCUT2D eigenvalue weighted by atomic mass is 127. The summed E-state index contributed by atoms with van der Waals surface area (Å²) in [7, 11) is 0. The number of ether oxygens (including phenoxy) is 1. The fourth-order valence-corrected chi connectivity index (χ4v) is 3.35. The molecular formula is C11H8BrIO2S. The number of carbonyl (C=O) groups excluding carboxylic acids is 1. The van der Waals surface area contributed by atoms with E-state index in [1.807, 2.05) is 19.1 Å². The molecule has 0 bridgehead atoms. The molecule has 5 heteroatoms. The van der Waals surface area contributed by atoms with Crippen molar-refractivity contribution >= 4 is 65.9 Å². The van der Waals surface area contributed by atoms with Crippen molar-refractivity contribution in [1.82, 2.24) is 0 Å². The number of hydrogen-bond acceptors (Lipinski definition) is 3. The molecule has 0 aliphatic rings. The van der Waals surface area contributed by atoms with Crippen LogP contribution in [0.1, 0.15) is 16.6 Å². The van der Waals surface area contributed by atoms with Gasteiger partial charge in [-0.2, -0.15) is 0 Å². The van der Waals surface area contributed by atoms with Gasteiger partial charge in [-0.3, -0.25) is 0 Å². The first-order valence-electron chi connectivity index (χ1n) is 4.67. The fourth-order valence-electron chi connectivity index (χ4n) is 1.34. The first kappa shape index (κ1) is 12.3. The standard InChI is InChI=1S/C11H8BrIO2S/c1-2-15-11(14)10-4-6-3-7(12)8(13)5-9(6)16-10/h3-5H,2H2,1H3. The van der Waals surface area contributed by atoms with Crippen LogP contribution in [0.15, 0.2) is 22.7 Å². The molecule has 0 atom stereocenters. The minimum Gasteiger partial charge on any atom is -0.462 e. The lowest BCUT2D eigenvalue weighted by Gasteiger charge is -1.95. The highest BCUT2D eigenvalue weighted by Crippen LogP contribution is 2.31. The van der Waals surface area contributed by atoms with E-state index in [-0.39, 0.29) is 5.97 Å². The zero-order valence-electron chi connectivity index (χ0n) is 8.42. The number of thiophene rings is 1. The van der Waals surface area contributed by atoms with Gasteiger partial charge in [0, 0.05) is 12.7 Å². The molecule has 84 valence electrons. The molecule has 1 aromatic carbocycles. The second-order valence-electron chi connectivity index (χ2n) is 3.14. The molecule has 0 radical (unpaired) electrons. The van der Waals surface area contributed by atoms with Gasteiger partial charge in [0.15, 0.2) is 0 Å². The Morgan fingerprint density at radius 3 is 2.94 bits per heavy atom. The minimum absolute atomic E-state index is 0.241. The SMILES string of the molecule is CCOC(=O)c1cc2cc(Br)c(I)cc2s1. The Labute approximate surface area is 119 Å². The molecule has 16 heavy (non-hydrogen) atoms. The van der Waals surface area contributed by atoms with Gasteiger partial charge in [0.2, 0.25) is 0 Å². The van der Waals surface area contributed by atoms with E-state index in [9.17, 15) is 4.79 Å². The predicted octanol–water partition coefficient (Wildman–Crippen LogP) is 4.45. The van der Waals surface area contributed by atoms with Crippen LogP contribution in [-0.4, -0.2) is 12.6 Å². The van der Waals surface area contributed by atoms with E-state index in [2.05, 4.69) is 44.6 Å². The fraction of sp³-hybridized carbons (Fsp3) is 0.182. The van der Waals surface area contributed by atoms with Crippen LogP contribution in [0.2, 0.25) is 0 Å². The minimum atomic E-state index is -0.241. The summed E-state index contributed by atoms with van der Waals surface area (Å²) in [4.78, 5) is 12.2. The summed E-state index contributed by atoms with van der Waals surface area (Å²) in [5.74, 6) is -0.241. The van der Waals surface area contributed by atoms with Gasteiger partial charge in [-0.25, -0.2) is 4.79 Å². The topological polar surface area (TPSA) is 26.3 Å².